The van der Waals surface area contributed by atoms with Crippen molar-refractivity contribution in [1.29, 1.82) is 0 Å². The number of aromatic carboxylic acids is 1. The van der Waals surface area contributed by atoms with Gasteiger partial charge in [-0.15, -0.1) is 0 Å². The molecule has 0 atom stereocenters. The van der Waals surface area contributed by atoms with Crippen LogP contribution in [0.2, 0.25) is 0 Å². The molecule has 5 aliphatic rings. The Hall–Kier alpha value is -4.09. The van der Waals surface area contributed by atoms with Crippen LogP contribution in [0, 0.1) is 0 Å². The minimum atomic E-state index is -0.957. The first-order valence-electron chi connectivity index (χ1n) is 13.2. The van der Waals surface area contributed by atoms with E-state index in [4.69, 9.17) is 0 Å². The smallest absolute Gasteiger partial charge is 0.336 e. The lowest BCUT2D eigenvalue weighted by Gasteiger charge is -2.35. The van der Waals surface area contributed by atoms with Crippen molar-refractivity contribution < 1.29 is 14.7 Å². The Morgan fingerprint density at radius 3 is 2.36 bits per heavy atom. The van der Waals surface area contributed by atoms with Gasteiger partial charge in [0.05, 0.1) is 17.8 Å². The zero-order valence-electron chi connectivity index (χ0n) is 22.4. The van der Waals surface area contributed by atoms with Gasteiger partial charge >= 0.3 is 5.97 Å². The topological polar surface area (TPSA) is 118 Å². The number of benzene rings is 1. The minimum absolute atomic E-state index is 0.113. The molecule has 39 heavy (non-hydrogen) atoms. The van der Waals surface area contributed by atoms with Crippen molar-refractivity contribution in [1.82, 2.24) is 29.7 Å². The molecular formula is C28H34N8O3. The predicted molar refractivity (Wildman–Crippen MR) is 149 cm³/mol. The molecule has 0 saturated carbocycles. The molecule has 2 aromatic heterocycles. The number of anilines is 3. The standard InChI is InChI=1S/C28H34N8O3/c1-33-10-3-11-34(2)26(37)19-36-14-12-35(13-15-36)18-21-16-22(5-6-23(21)27(38)39)31-28-29-9-8-24(32-28)20-4-7-25(33)30-17-20/h4-9,16-17H,3,10-15,18-19H2,1-2H3,(H,38,39)(H,29,31,32). The zero-order chi connectivity index (χ0) is 27.4. The van der Waals surface area contributed by atoms with E-state index in [0.717, 1.165) is 61.8 Å². The summed E-state index contributed by atoms with van der Waals surface area (Å²) in [5, 5.41) is 13.0. The quantitative estimate of drug-likeness (QED) is 0.486. The largest absolute Gasteiger partial charge is 0.478 e. The second-order valence-electron chi connectivity index (χ2n) is 10.1. The number of hydrogen-bond donors (Lipinski definition) is 2. The van der Waals surface area contributed by atoms with Gasteiger partial charge in [-0.2, -0.15) is 0 Å². The van der Waals surface area contributed by atoms with E-state index in [1.165, 1.54) is 0 Å². The lowest BCUT2D eigenvalue weighted by Crippen LogP contribution is -2.49. The van der Waals surface area contributed by atoms with Gasteiger partial charge in [0.2, 0.25) is 11.9 Å². The third-order valence-electron chi connectivity index (χ3n) is 7.31. The lowest BCUT2D eigenvalue weighted by atomic mass is 10.1. The SMILES string of the molecule is CN1CCCN(C)c2ccc(cn2)-c2ccnc(n2)Nc2ccc(C(=O)O)c(c2)CN2CCN(CC2)CC1=O. The molecule has 8 rings (SSSR count). The molecule has 0 unspecified atom stereocenters. The highest BCUT2D eigenvalue weighted by molar-refractivity contribution is 5.90. The number of pyridine rings is 1. The molecule has 8 bridgehead atoms. The van der Waals surface area contributed by atoms with Crippen LogP contribution in [0.1, 0.15) is 22.3 Å². The summed E-state index contributed by atoms with van der Waals surface area (Å²) in [6.07, 6.45) is 4.32. The molecule has 1 saturated heterocycles. The van der Waals surface area contributed by atoms with Crippen LogP contribution < -0.4 is 10.2 Å². The number of hydrogen-bond acceptors (Lipinski definition) is 9. The van der Waals surface area contributed by atoms with Crippen molar-refractivity contribution in [3.05, 3.63) is 59.9 Å². The van der Waals surface area contributed by atoms with Crippen molar-refractivity contribution >= 4 is 29.3 Å². The third-order valence-corrected chi connectivity index (χ3v) is 7.31. The summed E-state index contributed by atoms with van der Waals surface area (Å²) in [5.41, 5.74) is 3.30. The number of carboxylic acid groups (broad SMARTS) is 1. The zero-order valence-corrected chi connectivity index (χ0v) is 22.4. The van der Waals surface area contributed by atoms with Gasteiger partial charge in [-0.3, -0.25) is 14.6 Å². The Morgan fingerprint density at radius 2 is 1.64 bits per heavy atom. The number of carbonyl (C=O) groups is 2. The summed E-state index contributed by atoms with van der Waals surface area (Å²) in [7, 11) is 3.86. The molecule has 0 spiro atoms. The van der Waals surface area contributed by atoms with Crippen LogP contribution in [0.15, 0.2) is 48.8 Å². The molecule has 3 aromatic rings. The van der Waals surface area contributed by atoms with E-state index in [-0.39, 0.29) is 11.5 Å². The summed E-state index contributed by atoms with van der Waals surface area (Å²) in [6.45, 7) is 5.37. The van der Waals surface area contributed by atoms with Gasteiger partial charge in [-0.25, -0.2) is 19.7 Å². The van der Waals surface area contributed by atoms with E-state index in [0.29, 0.717) is 31.3 Å². The first-order valence-corrected chi connectivity index (χ1v) is 13.2. The summed E-state index contributed by atoms with van der Waals surface area (Å²) in [6, 6.07) is 11.0. The van der Waals surface area contributed by atoms with E-state index in [2.05, 4.69) is 35.0 Å². The maximum atomic E-state index is 12.8. The average molecular weight is 531 g/mol. The molecule has 204 valence electrons. The van der Waals surface area contributed by atoms with Gasteiger partial charge in [0.1, 0.15) is 5.82 Å². The molecular weight excluding hydrogens is 496 g/mol. The maximum absolute atomic E-state index is 12.8. The minimum Gasteiger partial charge on any atom is -0.478 e. The Balaban J connectivity index is 1.44. The number of carboxylic acids is 1. The van der Waals surface area contributed by atoms with Crippen LogP contribution in [0.5, 0.6) is 0 Å². The summed E-state index contributed by atoms with van der Waals surface area (Å²) >= 11 is 0. The number of rotatable bonds is 1. The molecule has 7 heterocycles. The fraction of sp³-hybridized carbons (Fsp3) is 0.393. The van der Waals surface area contributed by atoms with Gasteiger partial charge < -0.3 is 20.2 Å². The average Bonchev–Trinajstić information content (AvgIpc) is 2.93. The number of amides is 1. The number of likely N-dealkylation sites (N-methyl/N-ethyl adjacent to an activating group) is 1. The second-order valence-corrected chi connectivity index (χ2v) is 10.1. The van der Waals surface area contributed by atoms with Crippen molar-refractivity contribution in [2.45, 2.75) is 13.0 Å². The molecule has 0 aliphatic carbocycles. The molecule has 11 nitrogen and oxygen atoms in total. The fourth-order valence-electron chi connectivity index (χ4n) is 4.93. The predicted octanol–water partition coefficient (Wildman–Crippen LogP) is 2.40. The summed E-state index contributed by atoms with van der Waals surface area (Å²) in [4.78, 5) is 46.7. The second kappa shape index (κ2) is 11.7. The Bertz CT molecular complexity index is 1320. The van der Waals surface area contributed by atoms with Crippen molar-refractivity contribution in [2.24, 2.45) is 0 Å². The van der Waals surface area contributed by atoms with Crippen molar-refractivity contribution in [3.63, 3.8) is 0 Å². The molecule has 11 heteroatoms. The molecule has 0 radical (unpaired) electrons. The van der Waals surface area contributed by atoms with Gasteiger partial charge in [0.15, 0.2) is 0 Å². The van der Waals surface area contributed by atoms with Gasteiger partial charge in [-0.05, 0) is 48.4 Å². The van der Waals surface area contributed by atoms with Gasteiger partial charge in [0, 0.05) is 83.6 Å². The highest BCUT2D eigenvalue weighted by Crippen LogP contribution is 2.24. The number of carbonyl (C=O) groups excluding carboxylic acids is 1. The van der Waals surface area contributed by atoms with Crippen LogP contribution in [0.25, 0.3) is 11.3 Å². The van der Waals surface area contributed by atoms with Crippen LogP contribution in [0.3, 0.4) is 0 Å². The Morgan fingerprint density at radius 1 is 0.897 bits per heavy atom. The van der Waals surface area contributed by atoms with E-state index < -0.39 is 5.97 Å². The normalized spacial score (nSPS) is 20.5. The van der Waals surface area contributed by atoms with Gasteiger partial charge in [-0.1, -0.05) is 0 Å². The molecule has 1 amide bonds. The van der Waals surface area contributed by atoms with E-state index in [1.54, 1.807) is 29.4 Å². The lowest BCUT2D eigenvalue weighted by molar-refractivity contribution is -0.131. The first kappa shape index (κ1) is 26.5. The molecule has 1 aromatic carbocycles. The van der Waals surface area contributed by atoms with Crippen LogP contribution >= 0.6 is 0 Å². The number of nitrogens with one attached hydrogen (secondary N) is 1. The number of piperazine rings is 1. The maximum Gasteiger partial charge on any atom is 0.336 e. The first-order chi connectivity index (χ1) is 18.9. The van der Waals surface area contributed by atoms with E-state index >= 15 is 0 Å². The fourth-order valence-corrected chi connectivity index (χ4v) is 4.93. The van der Waals surface area contributed by atoms with Crippen LogP contribution in [-0.4, -0.2) is 107 Å². The Labute approximate surface area is 228 Å². The monoisotopic (exact) mass is 530 g/mol. The van der Waals surface area contributed by atoms with Crippen molar-refractivity contribution in [3.8, 4) is 11.3 Å². The highest BCUT2D eigenvalue weighted by atomic mass is 16.4. The summed E-state index contributed by atoms with van der Waals surface area (Å²) in [5.74, 6) is 0.425. The third kappa shape index (κ3) is 6.50. The van der Waals surface area contributed by atoms with Gasteiger partial charge in [0.25, 0.3) is 0 Å². The van der Waals surface area contributed by atoms with E-state index in [9.17, 15) is 14.7 Å². The molecule has 5 aliphatic heterocycles. The number of nitrogens with zero attached hydrogens (tertiary/aromatic N) is 7. The van der Waals surface area contributed by atoms with Crippen molar-refractivity contribution in [2.75, 3.05) is 70.1 Å². The van der Waals surface area contributed by atoms with Crippen LogP contribution in [-0.2, 0) is 11.3 Å². The molecule has 2 N–H and O–H groups in total. The molecule has 1 fully saturated rings. The van der Waals surface area contributed by atoms with Crippen LogP contribution in [0.4, 0.5) is 17.5 Å². The van der Waals surface area contributed by atoms with E-state index in [1.807, 2.05) is 38.4 Å². The summed E-state index contributed by atoms with van der Waals surface area (Å²) < 4.78 is 0. The highest BCUT2D eigenvalue weighted by Gasteiger charge is 2.22. The Kier molecular flexibility index (Phi) is 7.99. The number of aromatic nitrogens is 3.